The van der Waals surface area contributed by atoms with Gasteiger partial charge in [0.05, 0.1) is 5.56 Å². The second kappa shape index (κ2) is 5.62. The third-order valence-corrected chi connectivity index (χ3v) is 2.90. The third-order valence-electron chi connectivity index (χ3n) is 2.90. The highest BCUT2D eigenvalue weighted by molar-refractivity contribution is 5.90. The van der Waals surface area contributed by atoms with E-state index in [1.165, 1.54) is 0 Å². The molecule has 1 N–H and O–H groups in total. The number of benzene rings is 1. The summed E-state index contributed by atoms with van der Waals surface area (Å²) in [6.45, 7) is 5.59. The molecule has 1 aromatic carbocycles. The Morgan fingerprint density at radius 1 is 1.24 bits per heavy atom. The second-order valence-corrected chi connectivity index (χ2v) is 4.31. The minimum absolute atomic E-state index is 0.168. The number of Topliss-reactive ketones (excluding diaryl/α,β-unsaturated/α-hetero) is 1. The van der Waals surface area contributed by atoms with Crippen molar-refractivity contribution in [3.05, 3.63) is 34.4 Å². The SMILES string of the molecule is CCC(=O)CCc1c(C)cc(C)cc1C(=O)O. The van der Waals surface area contributed by atoms with E-state index in [9.17, 15) is 9.59 Å². The zero-order chi connectivity index (χ0) is 13.0. The van der Waals surface area contributed by atoms with E-state index < -0.39 is 5.97 Å². The van der Waals surface area contributed by atoms with E-state index in [1.54, 1.807) is 6.07 Å². The molecule has 0 aromatic heterocycles. The summed E-state index contributed by atoms with van der Waals surface area (Å²) in [7, 11) is 0. The van der Waals surface area contributed by atoms with Gasteiger partial charge in [-0.15, -0.1) is 0 Å². The summed E-state index contributed by atoms with van der Waals surface area (Å²) >= 11 is 0. The molecule has 0 aliphatic heterocycles. The van der Waals surface area contributed by atoms with Gasteiger partial charge in [0, 0.05) is 12.8 Å². The average molecular weight is 234 g/mol. The standard InChI is InChI=1S/C14H18O3/c1-4-11(15)5-6-12-10(3)7-9(2)8-13(12)14(16)17/h7-8H,4-6H2,1-3H3,(H,16,17). The fraction of sp³-hybridized carbons (Fsp3) is 0.429. The summed E-state index contributed by atoms with van der Waals surface area (Å²) < 4.78 is 0. The van der Waals surface area contributed by atoms with Crippen molar-refractivity contribution >= 4 is 11.8 Å². The van der Waals surface area contributed by atoms with Crippen LogP contribution in [0.25, 0.3) is 0 Å². The molecular weight excluding hydrogens is 216 g/mol. The zero-order valence-corrected chi connectivity index (χ0v) is 10.5. The Balaban J connectivity index is 3.04. The summed E-state index contributed by atoms with van der Waals surface area (Å²) in [5.74, 6) is -0.753. The molecular formula is C14H18O3. The van der Waals surface area contributed by atoms with Crippen LogP contribution in [0.1, 0.15) is 46.8 Å². The molecule has 1 aromatic rings. The Labute approximate surface area is 101 Å². The van der Waals surface area contributed by atoms with E-state index in [0.29, 0.717) is 24.8 Å². The van der Waals surface area contributed by atoms with Crippen LogP contribution in [0.15, 0.2) is 12.1 Å². The molecule has 17 heavy (non-hydrogen) atoms. The van der Waals surface area contributed by atoms with Crippen molar-refractivity contribution in [3.8, 4) is 0 Å². The lowest BCUT2D eigenvalue weighted by molar-refractivity contribution is -0.118. The van der Waals surface area contributed by atoms with Gasteiger partial charge in [0.2, 0.25) is 0 Å². The molecule has 0 saturated heterocycles. The number of ketones is 1. The fourth-order valence-electron chi connectivity index (χ4n) is 1.96. The smallest absolute Gasteiger partial charge is 0.335 e. The fourth-order valence-corrected chi connectivity index (χ4v) is 1.96. The van der Waals surface area contributed by atoms with E-state index in [-0.39, 0.29) is 5.78 Å². The summed E-state index contributed by atoms with van der Waals surface area (Å²) in [4.78, 5) is 22.5. The minimum atomic E-state index is -0.921. The number of carboxylic acid groups (broad SMARTS) is 1. The molecule has 0 bridgehead atoms. The van der Waals surface area contributed by atoms with Crippen LogP contribution >= 0.6 is 0 Å². The quantitative estimate of drug-likeness (QED) is 0.852. The average Bonchev–Trinajstić information content (AvgIpc) is 2.26. The molecule has 0 saturated carbocycles. The molecule has 0 aliphatic carbocycles. The Hall–Kier alpha value is -1.64. The molecule has 0 atom stereocenters. The monoisotopic (exact) mass is 234 g/mol. The maximum atomic E-state index is 11.3. The van der Waals surface area contributed by atoms with Gasteiger partial charge in [-0.2, -0.15) is 0 Å². The van der Waals surface area contributed by atoms with Crippen LogP contribution in [0, 0.1) is 13.8 Å². The lowest BCUT2D eigenvalue weighted by atomic mass is 9.94. The molecule has 3 heteroatoms. The van der Waals surface area contributed by atoms with Gasteiger partial charge in [-0.05, 0) is 43.0 Å². The molecule has 0 amide bonds. The summed E-state index contributed by atoms with van der Waals surface area (Å²) in [5.41, 5.74) is 2.99. The van der Waals surface area contributed by atoms with Crippen LogP contribution in [0.5, 0.6) is 0 Å². The van der Waals surface area contributed by atoms with Gasteiger partial charge in [0.15, 0.2) is 0 Å². The third kappa shape index (κ3) is 3.41. The van der Waals surface area contributed by atoms with Crippen molar-refractivity contribution in [2.75, 3.05) is 0 Å². The van der Waals surface area contributed by atoms with E-state index >= 15 is 0 Å². The van der Waals surface area contributed by atoms with Crippen LogP contribution in [-0.4, -0.2) is 16.9 Å². The Morgan fingerprint density at radius 3 is 2.41 bits per heavy atom. The number of aryl methyl sites for hydroxylation is 2. The topological polar surface area (TPSA) is 54.4 Å². The lowest BCUT2D eigenvalue weighted by Crippen LogP contribution is -2.07. The highest BCUT2D eigenvalue weighted by Gasteiger charge is 2.14. The van der Waals surface area contributed by atoms with Crippen LogP contribution in [-0.2, 0) is 11.2 Å². The normalized spacial score (nSPS) is 10.3. The number of hydrogen-bond donors (Lipinski definition) is 1. The minimum Gasteiger partial charge on any atom is -0.478 e. The predicted molar refractivity (Wildman–Crippen MR) is 66.5 cm³/mol. The van der Waals surface area contributed by atoms with E-state index in [0.717, 1.165) is 16.7 Å². The molecule has 0 fully saturated rings. The van der Waals surface area contributed by atoms with Crippen LogP contribution in [0.3, 0.4) is 0 Å². The van der Waals surface area contributed by atoms with Gasteiger partial charge in [-0.1, -0.05) is 13.0 Å². The van der Waals surface area contributed by atoms with Crippen molar-refractivity contribution < 1.29 is 14.7 Å². The van der Waals surface area contributed by atoms with Crippen molar-refractivity contribution in [3.63, 3.8) is 0 Å². The molecule has 0 spiro atoms. The highest BCUT2D eigenvalue weighted by atomic mass is 16.4. The first-order chi connectivity index (χ1) is 7.95. The molecule has 0 heterocycles. The first-order valence-corrected chi connectivity index (χ1v) is 5.80. The number of aromatic carboxylic acids is 1. The number of carbonyl (C=O) groups excluding carboxylic acids is 1. The van der Waals surface area contributed by atoms with Gasteiger partial charge in [0.1, 0.15) is 5.78 Å². The number of rotatable bonds is 5. The lowest BCUT2D eigenvalue weighted by Gasteiger charge is -2.10. The zero-order valence-electron chi connectivity index (χ0n) is 10.5. The molecule has 1 rings (SSSR count). The maximum absolute atomic E-state index is 11.3. The first-order valence-electron chi connectivity index (χ1n) is 5.80. The summed E-state index contributed by atoms with van der Waals surface area (Å²) in [5, 5.41) is 9.15. The van der Waals surface area contributed by atoms with Gasteiger partial charge >= 0.3 is 5.97 Å². The van der Waals surface area contributed by atoms with Crippen molar-refractivity contribution in [2.24, 2.45) is 0 Å². The van der Waals surface area contributed by atoms with E-state index in [2.05, 4.69) is 0 Å². The van der Waals surface area contributed by atoms with Gasteiger partial charge in [0.25, 0.3) is 0 Å². The maximum Gasteiger partial charge on any atom is 0.335 e. The van der Waals surface area contributed by atoms with Crippen LogP contribution in [0.2, 0.25) is 0 Å². The van der Waals surface area contributed by atoms with Crippen molar-refractivity contribution in [1.29, 1.82) is 0 Å². The Morgan fingerprint density at radius 2 is 1.88 bits per heavy atom. The van der Waals surface area contributed by atoms with Gasteiger partial charge in [-0.25, -0.2) is 4.79 Å². The van der Waals surface area contributed by atoms with Crippen LogP contribution < -0.4 is 0 Å². The van der Waals surface area contributed by atoms with E-state index in [4.69, 9.17) is 5.11 Å². The van der Waals surface area contributed by atoms with Gasteiger partial charge in [-0.3, -0.25) is 4.79 Å². The summed E-state index contributed by atoms with van der Waals surface area (Å²) in [6, 6.07) is 3.62. The number of carbonyl (C=O) groups is 2. The molecule has 0 aliphatic rings. The number of carboxylic acids is 1. The molecule has 92 valence electrons. The molecule has 3 nitrogen and oxygen atoms in total. The number of hydrogen-bond acceptors (Lipinski definition) is 2. The van der Waals surface area contributed by atoms with E-state index in [1.807, 2.05) is 26.8 Å². The summed E-state index contributed by atoms with van der Waals surface area (Å²) in [6.07, 6.45) is 1.44. The molecule has 0 radical (unpaired) electrons. The van der Waals surface area contributed by atoms with Crippen molar-refractivity contribution in [2.45, 2.75) is 40.0 Å². The highest BCUT2D eigenvalue weighted by Crippen LogP contribution is 2.19. The van der Waals surface area contributed by atoms with Crippen molar-refractivity contribution in [1.82, 2.24) is 0 Å². The Kier molecular flexibility index (Phi) is 4.44. The first kappa shape index (κ1) is 13.4. The molecule has 0 unspecified atom stereocenters. The Bertz CT molecular complexity index is 447. The largest absolute Gasteiger partial charge is 0.478 e. The van der Waals surface area contributed by atoms with Gasteiger partial charge < -0.3 is 5.11 Å². The second-order valence-electron chi connectivity index (χ2n) is 4.31. The predicted octanol–water partition coefficient (Wildman–Crippen LogP) is 2.91. The van der Waals surface area contributed by atoms with Crippen LogP contribution in [0.4, 0.5) is 0 Å².